The summed E-state index contributed by atoms with van der Waals surface area (Å²) in [6.45, 7) is 1.72. The number of aliphatic hydroxyl groups is 1. The number of amides is 1. The molecule has 2 aromatic rings. The van der Waals surface area contributed by atoms with Gasteiger partial charge < -0.3 is 10.4 Å². The van der Waals surface area contributed by atoms with Crippen molar-refractivity contribution >= 4 is 29.0 Å². The predicted octanol–water partition coefficient (Wildman–Crippen LogP) is 3.46. The number of rotatable bonds is 5. The van der Waals surface area contributed by atoms with Gasteiger partial charge in [0.25, 0.3) is 5.91 Å². The molecule has 1 heterocycles. The average Bonchev–Trinajstić information content (AvgIpc) is 2.95. The van der Waals surface area contributed by atoms with Crippen molar-refractivity contribution in [1.29, 1.82) is 0 Å². The van der Waals surface area contributed by atoms with E-state index in [-0.39, 0.29) is 11.7 Å². The fourth-order valence-corrected chi connectivity index (χ4v) is 3.58. The number of thiophene rings is 1. The van der Waals surface area contributed by atoms with E-state index in [9.17, 15) is 14.3 Å². The fourth-order valence-electron chi connectivity index (χ4n) is 1.92. The number of aliphatic hydroxyl groups excluding tert-OH is 1. The van der Waals surface area contributed by atoms with Gasteiger partial charge in [0.05, 0.1) is 12.1 Å². The number of hydrogen-bond donors (Lipinski definition) is 2. The van der Waals surface area contributed by atoms with Crippen molar-refractivity contribution in [2.24, 2.45) is 0 Å². The first-order valence-corrected chi connectivity index (χ1v) is 8.49. The van der Waals surface area contributed by atoms with Gasteiger partial charge in [-0.15, -0.1) is 23.1 Å². The minimum atomic E-state index is -0.882. The first-order valence-electron chi connectivity index (χ1n) is 6.38. The average molecular weight is 325 g/mol. The summed E-state index contributed by atoms with van der Waals surface area (Å²) >= 11 is 2.88. The lowest BCUT2D eigenvalue weighted by atomic mass is 10.0. The highest BCUT2D eigenvalue weighted by Crippen LogP contribution is 2.26. The lowest BCUT2D eigenvalue weighted by Gasteiger charge is -2.20. The third kappa shape index (κ3) is 3.84. The summed E-state index contributed by atoms with van der Waals surface area (Å²) in [5.41, 5.74) is 0.570. The van der Waals surface area contributed by atoms with Crippen LogP contribution in [0.5, 0.6) is 0 Å². The van der Waals surface area contributed by atoms with Crippen LogP contribution in [0.1, 0.15) is 28.3 Å². The van der Waals surface area contributed by atoms with Crippen molar-refractivity contribution < 1.29 is 14.3 Å². The topological polar surface area (TPSA) is 49.3 Å². The van der Waals surface area contributed by atoms with Gasteiger partial charge in [-0.25, -0.2) is 4.39 Å². The zero-order valence-electron chi connectivity index (χ0n) is 11.7. The number of hydrogen-bond acceptors (Lipinski definition) is 4. The summed E-state index contributed by atoms with van der Waals surface area (Å²) in [6, 6.07) is 7.03. The van der Waals surface area contributed by atoms with E-state index in [0.29, 0.717) is 10.4 Å². The van der Waals surface area contributed by atoms with E-state index in [2.05, 4.69) is 5.32 Å². The van der Waals surface area contributed by atoms with Crippen LogP contribution in [-0.4, -0.2) is 23.3 Å². The molecule has 1 aromatic heterocycles. The highest BCUT2D eigenvalue weighted by Gasteiger charge is 2.21. The molecule has 0 aliphatic carbocycles. The summed E-state index contributed by atoms with van der Waals surface area (Å²) < 4.78 is 12.9. The molecule has 0 saturated heterocycles. The molecule has 6 heteroatoms. The van der Waals surface area contributed by atoms with Gasteiger partial charge in [0.2, 0.25) is 0 Å². The van der Waals surface area contributed by atoms with Crippen LogP contribution in [-0.2, 0) is 0 Å². The monoisotopic (exact) mass is 325 g/mol. The summed E-state index contributed by atoms with van der Waals surface area (Å²) in [4.78, 5) is 13.8. The Morgan fingerprint density at radius 2 is 2.00 bits per heavy atom. The molecule has 0 aliphatic rings. The van der Waals surface area contributed by atoms with Crippen LogP contribution in [0.15, 0.2) is 40.6 Å². The van der Waals surface area contributed by atoms with Gasteiger partial charge in [-0.3, -0.25) is 4.79 Å². The molecule has 1 amide bonds. The van der Waals surface area contributed by atoms with Crippen LogP contribution in [0, 0.1) is 5.82 Å². The zero-order chi connectivity index (χ0) is 15.4. The van der Waals surface area contributed by atoms with Gasteiger partial charge in [-0.05, 0) is 42.3 Å². The minimum Gasteiger partial charge on any atom is -0.386 e. The maximum absolute atomic E-state index is 12.9. The third-order valence-electron chi connectivity index (χ3n) is 3.10. The summed E-state index contributed by atoms with van der Waals surface area (Å²) in [5, 5.41) is 14.9. The molecule has 21 heavy (non-hydrogen) atoms. The first kappa shape index (κ1) is 16.0. The second-order valence-electron chi connectivity index (χ2n) is 4.58. The largest absolute Gasteiger partial charge is 0.386 e. The van der Waals surface area contributed by atoms with Gasteiger partial charge in [0.15, 0.2) is 0 Å². The SMILES string of the molecule is CSc1ccsc1C(=O)NC(C)C(O)c1ccc(F)cc1. The van der Waals surface area contributed by atoms with E-state index in [0.717, 1.165) is 4.90 Å². The minimum absolute atomic E-state index is 0.206. The Balaban J connectivity index is 2.05. The van der Waals surface area contributed by atoms with Crippen molar-refractivity contribution in [3.05, 3.63) is 52.0 Å². The molecule has 0 bridgehead atoms. The van der Waals surface area contributed by atoms with Crippen molar-refractivity contribution in [2.75, 3.05) is 6.26 Å². The molecule has 2 N–H and O–H groups in total. The summed E-state index contributed by atoms with van der Waals surface area (Å²) in [6.07, 6.45) is 1.03. The maximum atomic E-state index is 12.9. The van der Waals surface area contributed by atoms with Gasteiger partial charge in [0, 0.05) is 4.90 Å². The highest BCUT2D eigenvalue weighted by molar-refractivity contribution is 7.98. The lowest BCUT2D eigenvalue weighted by Crippen LogP contribution is -2.36. The van der Waals surface area contributed by atoms with E-state index in [1.807, 2.05) is 17.7 Å². The van der Waals surface area contributed by atoms with E-state index < -0.39 is 12.1 Å². The highest BCUT2D eigenvalue weighted by atomic mass is 32.2. The van der Waals surface area contributed by atoms with Crippen molar-refractivity contribution in [1.82, 2.24) is 5.32 Å². The molecule has 1 aromatic carbocycles. The van der Waals surface area contributed by atoms with Crippen molar-refractivity contribution in [3.63, 3.8) is 0 Å². The Kier molecular flexibility index (Phi) is 5.39. The number of thioether (sulfide) groups is 1. The Morgan fingerprint density at radius 1 is 1.33 bits per heavy atom. The molecular formula is C15H16FNO2S2. The third-order valence-corrected chi connectivity index (χ3v) is 4.92. The van der Waals surface area contributed by atoms with Gasteiger partial charge in [-0.1, -0.05) is 12.1 Å². The first-order chi connectivity index (χ1) is 10.0. The number of nitrogens with one attached hydrogen (secondary N) is 1. The molecule has 0 aliphatic heterocycles. The van der Waals surface area contributed by atoms with Crippen molar-refractivity contribution in [2.45, 2.75) is 24.0 Å². The van der Waals surface area contributed by atoms with Crippen LogP contribution in [0.25, 0.3) is 0 Å². The smallest absolute Gasteiger partial charge is 0.262 e. The Bertz CT molecular complexity index is 612. The maximum Gasteiger partial charge on any atom is 0.262 e. The number of halogens is 1. The normalized spacial score (nSPS) is 13.7. The Morgan fingerprint density at radius 3 is 2.62 bits per heavy atom. The molecule has 0 radical (unpaired) electrons. The van der Waals surface area contributed by atoms with Crippen LogP contribution < -0.4 is 5.32 Å². The van der Waals surface area contributed by atoms with E-state index in [1.165, 1.54) is 47.4 Å². The van der Waals surface area contributed by atoms with Crippen LogP contribution >= 0.6 is 23.1 Å². The van der Waals surface area contributed by atoms with E-state index >= 15 is 0 Å². The molecule has 2 unspecified atom stereocenters. The Labute approximate surface area is 131 Å². The quantitative estimate of drug-likeness (QED) is 0.828. The summed E-state index contributed by atoms with van der Waals surface area (Å²) in [5.74, 6) is -0.561. The van der Waals surface area contributed by atoms with Crippen LogP contribution in [0.2, 0.25) is 0 Å². The standard InChI is InChI=1S/C15H16FNO2S2/c1-9(13(18)10-3-5-11(16)6-4-10)17-15(19)14-12(20-2)7-8-21-14/h3-9,13,18H,1-2H3,(H,17,19). The number of carbonyl (C=O) groups is 1. The molecule has 0 fully saturated rings. The number of benzene rings is 1. The second-order valence-corrected chi connectivity index (χ2v) is 6.34. The van der Waals surface area contributed by atoms with E-state index in [4.69, 9.17) is 0 Å². The molecular weight excluding hydrogens is 309 g/mol. The second kappa shape index (κ2) is 7.06. The number of carbonyl (C=O) groups excluding carboxylic acids is 1. The Hall–Kier alpha value is -1.37. The molecule has 0 saturated carbocycles. The lowest BCUT2D eigenvalue weighted by molar-refractivity contribution is 0.0853. The summed E-state index contributed by atoms with van der Waals surface area (Å²) in [7, 11) is 0. The fraction of sp³-hybridized carbons (Fsp3) is 0.267. The van der Waals surface area contributed by atoms with Gasteiger partial charge in [-0.2, -0.15) is 0 Å². The van der Waals surface area contributed by atoms with Gasteiger partial charge >= 0.3 is 0 Å². The molecule has 0 spiro atoms. The molecule has 2 rings (SSSR count). The molecule has 2 atom stereocenters. The van der Waals surface area contributed by atoms with E-state index in [1.54, 1.807) is 6.92 Å². The zero-order valence-corrected chi connectivity index (χ0v) is 13.3. The van der Waals surface area contributed by atoms with Gasteiger partial charge in [0.1, 0.15) is 10.7 Å². The van der Waals surface area contributed by atoms with Crippen LogP contribution in [0.3, 0.4) is 0 Å². The van der Waals surface area contributed by atoms with Crippen LogP contribution in [0.4, 0.5) is 4.39 Å². The predicted molar refractivity (Wildman–Crippen MR) is 84.4 cm³/mol. The van der Waals surface area contributed by atoms with Crippen molar-refractivity contribution in [3.8, 4) is 0 Å². The molecule has 112 valence electrons. The molecule has 3 nitrogen and oxygen atoms in total.